The summed E-state index contributed by atoms with van der Waals surface area (Å²) in [5.41, 5.74) is 3.25. The lowest BCUT2D eigenvalue weighted by atomic mass is 10.0. The Morgan fingerprint density at radius 2 is 1.95 bits per heavy atom. The highest BCUT2D eigenvalue weighted by molar-refractivity contribution is 14.1. The van der Waals surface area contributed by atoms with E-state index in [1.54, 1.807) is 0 Å². The lowest BCUT2D eigenvalue weighted by Crippen LogP contribution is -2.16. The summed E-state index contributed by atoms with van der Waals surface area (Å²) < 4.78 is 3.25. The van der Waals surface area contributed by atoms with Crippen LogP contribution in [-0.2, 0) is 19.4 Å². The van der Waals surface area contributed by atoms with Gasteiger partial charge in [-0.1, -0.05) is 12.1 Å². The van der Waals surface area contributed by atoms with E-state index < -0.39 is 0 Å². The van der Waals surface area contributed by atoms with Crippen molar-refractivity contribution in [2.24, 2.45) is 0 Å². The highest BCUT2D eigenvalue weighted by Gasteiger charge is 2.19. The minimum Gasteiger partial charge on any atom is -0.324 e. The molecule has 0 saturated heterocycles. The van der Waals surface area contributed by atoms with Crippen molar-refractivity contribution in [3.63, 3.8) is 0 Å². The van der Waals surface area contributed by atoms with Gasteiger partial charge in [-0.2, -0.15) is 0 Å². The molecule has 0 unspecified atom stereocenters. The lowest BCUT2D eigenvalue weighted by Gasteiger charge is -2.14. The molecule has 0 amide bonds. The van der Waals surface area contributed by atoms with Gasteiger partial charge in [0.1, 0.15) is 5.82 Å². The Labute approximate surface area is 132 Å². The predicted molar refractivity (Wildman–Crippen MR) is 87.1 cm³/mol. The topological polar surface area (TPSA) is 34.9 Å². The molecule has 0 atom stereocenters. The Morgan fingerprint density at radius 3 is 2.70 bits per heavy atom. The number of carbonyl (C=O) groups is 1. The molecular weight excluding hydrogens is 363 g/mol. The number of rotatable bonds is 3. The summed E-state index contributed by atoms with van der Waals surface area (Å²) in [6.45, 7) is 2.41. The van der Waals surface area contributed by atoms with Gasteiger partial charge in [-0.05, 0) is 67.3 Å². The maximum atomic E-state index is 12.4. The highest BCUT2D eigenvalue weighted by atomic mass is 127. The Morgan fingerprint density at radius 1 is 1.25 bits per heavy atom. The van der Waals surface area contributed by atoms with Crippen molar-refractivity contribution in [2.45, 2.75) is 39.2 Å². The number of benzene rings is 1. The van der Waals surface area contributed by atoms with E-state index in [0.717, 1.165) is 27.8 Å². The number of aromatic nitrogens is 2. The second-order valence-electron chi connectivity index (χ2n) is 5.28. The van der Waals surface area contributed by atoms with Crippen LogP contribution in [0, 0.1) is 10.5 Å². The number of halogens is 1. The molecule has 0 fully saturated rings. The first-order chi connectivity index (χ1) is 9.65. The fraction of sp³-hybridized carbons (Fsp3) is 0.375. The maximum Gasteiger partial charge on any atom is 0.182 e. The number of fused-ring (bicyclic) bond motifs is 1. The largest absolute Gasteiger partial charge is 0.324 e. The molecule has 104 valence electrons. The quantitative estimate of drug-likeness (QED) is 0.603. The van der Waals surface area contributed by atoms with Crippen LogP contribution < -0.4 is 0 Å². The molecule has 20 heavy (non-hydrogen) atoms. The molecule has 1 aliphatic carbocycles. The Kier molecular flexibility index (Phi) is 3.92. The highest BCUT2D eigenvalue weighted by Crippen LogP contribution is 2.22. The van der Waals surface area contributed by atoms with E-state index in [1.165, 1.54) is 24.2 Å². The summed E-state index contributed by atoms with van der Waals surface area (Å²) in [5, 5.41) is 0. The van der Waals surface area contributed by atoms with E-state index in [9.17, 15) is 4.79 Å². The molecule has 0 spiro atoms. The zero-order valence-corrected chi connectivity index (χ0v) is 13.7. The molecule has 0 bridgehead atoms. The van der Waals surface area contributed by atoms with E-state index >= 15 is 0 Å². The van der Waals surface area contributed by atoms with Crippen molar-refractivity contribution in [1.29, 1.82) is 0 Å². The molecule has 1 aromatic carbocycles. The van der Waals surface area contributed by atoms with Crippen LogP contribution in [0.4, 0.5) is 0 Å². The van der Waals surface area contributed by atoms with Crippen LogP contribution in [0.1, 0.15) is 40.4 Å². The predicted octanol–water partition coefficient (Wildman–Crippen LogP) is 3.56. The zero-order valence-electron chi connectivity index (χ0n) is 11.5. The summed E-state index contributed by atoms with van der Waals surface area (Å²) in [5.74, 6) is 1.13. The van der Waals surface area contributed by atoms with E-state index in [-0.39, 0.29) is 5.78 Å². The SMILES string of the molecule is Cc1nc2c(n1CC(=O)c1ccc(I)cc1)CCCC2. The standard InChI is InChI=1S/C16H17IN2O/c1-11-18-14-4-2-3-5-15(14)19(11)10-16(20)12-6-8-13(17)9-7-12/h6-9H,2-5,10H2,1H3. The van der Waals surface area contributed by atoms with Gasteiger partial charge in [-0.15, -0.1) is 0 Å². The number of hydrogen-bond acceptors (Lipinski definition) is 2. The first-order valence-corrected chi connectivity index (χ1v) is 8.06. The third-order valence-electron chi connectivity index (χ3n) is 3.89. The Bertz CT molecular complexity index is 643. The second-order valence-corrected chi connectivity index (χ2v) is 6.52. The molecule has 0 saturated carbocycles. The van der Waals surface area contributed by atoms with Crippen LogP contribution in [0.3, 0.4) is 0 Å². The number of aryl methyl sites for hydroxylation is 2. The van der Waals surface area contributed by atoms with Gasteiger partial charge in [0.25, 0.3) is 0 Å². The number of hydrogen-bond donors (Lipinski definition) is 0. The third-order valence-corrected chi connectivity index (χ3v) is 4.61. The Hall–Kier alpha value is -1.17. The van der Waals surface area contributed by atoms with Gasteiger partial charge in [-0.3, -0.25) is 4.79 Å². The zero-order chi connectivity index (χ0) is 14.1. The van der Waals surface area contributed by atoms with Crippen molar-refractivity contribution < 1.29 is 4.79 Å². The number of Topliss-reactive ketones (excluding diaryl/α,β-unsaturated/α-hetero) is 1. The van der Waals surface area contributed by atoms with Crippen LogP contribution in [0.15, 0.2) is 24.3 Å². The number of ketones is 1. The molecule has 4 heteroatoms. The van der Waals surface area contributed by atoms with E-state index in [1.807, 2.05) is 31.2 Å². The van der Waals surface area contributed by atoms with Crippen LogP contribution >= 0.6 is 22.6 Å². The first kappa shape index (κ1) is 13.8. The Balaban J connectivity index is 1.86. The van der Waals surface area contributed by atoms with Crippen molar-refractivity contribution in [3.05, 3.63) is 50.6 Å². The minimum atomic E-state index is 0.162. The summed E-state index contributed by atoms with van der Waals surface area (Å²) in [7, 11) is 0. The molecule has 3 nitrogen and oxygen atoms in total. The minimum absolute atomic E-state index is 0.162. The molecule has 3 rings (SSSR count). The smallest absolute Gasteiger partial charge is 0.182 e. The van der Waals surface area contributed by atoms with Crippen molar-refractivity contribution >= 4 is 28.4 Å². The van der Waals surface area contributed by atoms with E-state index in [2.05, 4.69) is 32.1 Å². The summed E-state index contributed by atoms with van der Waals surface area (Å²) in [4.78, 5) is 17.0. The van der Waals surface area contributed by atoms with Gasteiger partial charge in [0, 0.05) is 14.8 Å². The molecule has 1 heterocycles. The van der Waals surface area contributed by atoms with Crippen LogP contribution in [0.5, 0.6) is 0 Å². The number of carbonyl (C=O) groups excluding carboxylic acids is 1. The average molecular weight is 380 g/mol. The second kappa shape index (κ2) is 5.68. The number of nitrogens with zero attached hydrogens (tertiary/aromatic N) is 2. The van der Waals surface area contributed by atoms with Gasteiger partial charge in [0.2, 0.25) is 0 Å². The fourth-order valence-electron chi connectivity index (χ4n) is 2.82. The summed E-state index contributed by atoms with van der Waals surface area (Å²) in [6, 6.07) is 7.76. The lowest BCUT2D eigenvalue weighted by molar-refractivity contribution is 0.0970. The van der Waals surface area contributed by atoms with Crippen molar-refractivity contribution in [2.75, 3.05) is 0 Å². The third kappa shape index (κ3) is 2.66. The maximum absolute atomic E-state index is 12.4. The summed E-state index contributed by atoms with van der Waals surface area (Å²) in [6.07, 6.45) is 4.53. The molecule has 2 aromatic rings. The van der Waals surface area contributed by atoms with Crippen molar-refractivity contribution in [3.8, 4) is 0 Å². The van der Waals surface area contributed by atoms with Crippen molar-refractivity contribution in [1.82, 2.24) is 9.55 Å². The molecule has 1 aromatic heterocycles. The fourth-order valence-corrected chi connectivity index (χ4v) is 3.18. The molecule has 0 aliphatic heterocycles. The monoisotopic (exact) mass is 380 g/mol. The summed E-state index contributed by atoms with van der Waals surface area (Å²) >= 11 is 2.25. The average Bonchev–Trinajstić information content (AvgIpc) is 2.76. The van der Waals surface area contributed by atoms with Gasteiger partial charge >= 0.3 is 0 Å². The van der Waals surface area contributed by atoms with Crippen LogP contribution in [-0.4, -0.2) is 15.3 Å². The van der Waals surface area contributed by atoms with Gasteiger partial charge in [0.15, 0.2) is 5.78 Å². The first-order valence-electron chi connectivity index (χ1n) is 6.99. The van der Waals surface area contributed by atoms with E-state index in [4.69, 9.17) is 0 Å². The van der Waals surface area contributed by atoms with Gasteiger partial charge < -0.3 is 4.57 Å². The van der Waals surface area contributed by atoms with Gasteiger partial charge in [0.05, 0.1) is 12.2 Å². The normalized spacial score (nSPS) is 14.1. The number of imidazole rings is 1. The van der Waals surface area contributed by atoms with Crippen LogP contribution in [0.25, 0.3) is 0 Å². The molecule has 0 N–H and O–H groups in total. The van der Waals surface area contributed by atoms with E-state index in [0.29, 0.717) is 6.54 Å². The molecular formula is C16H17IN2O. The van der Waals surface area contributed by atoms with Gasteiger partial charge in [-0.25, -0.2) is 4.98 Å². The molecule has 0 radical (unpaired) electrons. The molecule has 1 aliphatic rings. The van der Waals surface area contributed by atoms with Crippen LogP contribution in [0.2, 0.25) is 0 Å².